The summed E-state index contributed by atoms with van der Waals surface area (Å²) in [6.45, 7) is 10.8. The van der Waals surface area contributed by atoms with E-state index in [9.17, 15) is 0 Å². The van der Waals surface area contributed by atoms with E-state index in [1.807, 2.05) is 0 Å². The summed E-state index contributed by atoms with van der Waals surface area (Å²) in [5.74, 6) is 1.77. The molecule has 0 aromatic heterocycles. The van der Waals surface area contributed by atoms with Gasteiger partial charge in [-0.3, -0.25) is 0 Å². The van der Waals surface area contributed by atoms with Gasteiger partial charge in [0.1, 0.15) is 0 Å². The SMILES string of the molecule is CC(N)CCCC(C)CN1CCCC(C)CC1. The number of nitrogens with zero attached hydrogens (tertiary/aromatic N) is 1. The van der Waals surface area contributed by atoms with Crippen LogP contribution in [0.2, 0.25) is 0 Å². The number of likely N-dealkylation sites (tertiary alicyclic amines) is 1. The Kier molecular flexibility index (Phi) is 7.14. The van der Waals surface area contributed by atoms with Gasteiger partial charge in [0.2, 0.25) is 0 Å². The van der Waals surface area contributed by atoms with Crippen LogP contribution in [0.5, 0.6) is 0 Å². The molecule has 1 rings (SSSR count). The van der Waals surface area contributed by atoms with E-state index < -0.39 is 0 Å². The fourth-order valence-corrected chi connectivity index (χ4v) is 2.83. The standard InChI is InChI=1S/C15H32N2/c1-13-7-5-10-17(11-9-13)12-14(2)6-4-8-15(3)16/h13-15H,4-12,16H2,1-3H3. The maximum atomic E-state index is 5.79. The van der Waals surface area contributed by atoms with Crippen LogP contribution in [-0.2, 0) is 0 Å². The minimum atomic E-state index is 0.376. The Morgan fingerprint density at radius 2 is 1.94 bits per heavy atom. The first-order chi connectivity index (χ1) is 8.08. The van der Waals surface area contributed by atoms with Gasteiger partial charge in [0, 0.05) is 12.6 Å². The van der Waals surface area contributed by atoms with Gasteiger partial charge >= 0.3 is 0 Å². The van der Waals surface area contributed by atoms with Crippen LogP contribution in [0, 0.1) is 11.8 Å². The van der Waals surface area contributed by atoms with Crippen LogP contribution >= 0.6 is 0 Å². The highest BCUT2D eigenvalue weighted by Crippen LogP contribution is 2.18. The van der Waals surface area contributed by atoms with Crippen LogP contribution in [0.25, 0.3) is 0 Å². The molecule has 2 N–H and O–H groups in total. The van der Waals surface area contributed by atoms with Crippen LogP contribution in [0.15, 0.2) is 0 Å². The smallest absolute Gasteiger partial charge is 0.00104 e. The molecule has 17 heavy (non-hydrogen) atoms. The van der Waals surface area contributed by atoms with Crippen LogP contribution in [0.4, 0.5) is 0 Å². The normalized spacial score (nSPS) is 26.5. The van der Waals surface area contributed by atoms with E-state index in [0.717, 1.165) is 11.8 Å². The van der Waals surface area contributed by atoms with Crippen LogP contribution < -0.4 is 5.73 Å². The molecule has 0 saturated carbocycles. The second kappa shape index (κ2) is 8.10. The van der Waals surface area contributed by atoms with Crippen molar-refractivity contribution in [3.63, 3.8) is 0 Å². The highest BCUT2D eigenvalue weighted by molar-refractivity contribution is 4.70. The third kappa shape index (κ3) is 7.05. The van der Waals surface area contributed by atoms with Gasteiger partial charge in [-0.05, 0) is 64.0 Å². The molecule has 0 aliphatic carbocycles. The molecule has 0 aromatic carbocycles. The first-order valence-corrected chi connectivity index (χ1v) is 7.56. The van der Waals surface area contributed by atoms with Gasteiger partial charge in [0.05, 0.1) is 0 Å². The molecule has 0 bridgehead atoms. The van der Waals surface area contributed by atoms with Gasteiger partial charge in [-0.2, -0.15) is 0 Å². The maximum absolute atomic E-state index is 5.79. The quantitative estimate of drug-likeness (QED) is 0.772. The largest absolute Gasteiger partial charge is 0.328 e. The van der Waals surface area contributed by atoms with Crippen LogP contribution in [-0.4, -0.2) is 30.6 Å². The first-order valence-electron chi connectivity index (χ1n) is 7.56. The van der Waals surface area contributed by atoms with E-state index in [4.69, 9.17) is 5.73 Å². The summed E-state index contributed by atoms with van der Waals surface area (Å²) in [5, 5.41) is 0. The van der Waals surface area contributed by atoms with E-state index in [-0.39, 0.29) is 0 Å². The molecule has 3 unspecified atom stereocenters. The molecule has 1 saturated heterocycles. The Balaban J connectivity index is 2.14. The Morgan fingerprint density at radius 1 is 1.18 bits per heavy atom. The van der Waals surface area contributed by atoms with Gasteiger partial charge in [0.15, 0.2) is 0 Å². The summed E-state index contributed by atoms with van der Waals surface area (Å²) in [7, 11) is 0. The molecule has 3 atom stereocenters. The average molecular weight is 240 g/mol. The fraction of sp³-hybridized carbons (Fsp3) is 1.00. The summed E-state index contributed by atoms with van der Waals surface area (Å²) in [6, 6.07) is 0.376. The predicted octanol–water partition coefficient (Wildman–Crippen LogP) is 3.26. The molecular formula is C15H32N2. The molecule has 0 radical (unpaired) electrons. The molecule has 2 nitrogen and oxygen atoms in total. The van der Waals surface area contributed by atoms with Crippen LogP contribution in [0.3, 0.4) is 0 Å². The zero-order valence-electron chi connectivity index (χ0n) is 12.1. The fourth-order valence-electron chi connectivity index (χ4n) is 2.83. The van der Waals surface area contributed by atoms with Crippen molar-refractivity contribution >= 4 is 0 Å². The third-order valence-electron chi connectivity index (χ3n) is 4.04. The summed E-state index contributed by atoms with van der Waals surface area (Å²) >= 11 is 0. The van der Waals surface area contributed by atoms with E-state index >= 15 is 0 Å². The number of nitrogens with two attached hydrogens (primary N) is 1. The molecule has 0 aromatic rings. The topological polar surface area (TPSA) is 29.3 Å². The Labute approximate surface area is 108 Å². The van der Waals surface area contributed by atoms with Crippen molar-refractivity contribution in [3.05, 3.63) is 0 Å². The molecule has 2 heteroatoms. The molecule has 1 fully saturated rings. The van der Waals surface area contributed by atoms with E-state index in [2.05, 4.69) is 25.7 Å². The third-order valence-corrected chi connectivity index (χ3v) is 4.04. The van der Waals surface area contributed by atoms with Crippen molar-refractivity contribution in [2.45, 2.75) is 65.3 Å². The zero-order chi connectivity index (χ0) is 12.7. The number of rotatable bonds is 6. The van der Waals surface area contributed by atoms with Gasteiger partial charge in [-0.15, -0.1) is 0 Å². The van der Waals surface area contributed by atoms with Crippen molar-refractivity contribution < 1.29 is 0 Å². The summed E-state index contributed by atoms with van der Waals surface area (Å²) < 4.78 is 0. The average Bonchev–Trinajstić information content (AvgIpc) is 2.43. The van der Waals surface area contributed by atoms with Crippen molar-refractivity contribution in [2.24, 2.45) is 17.6 Å². The van der Waals surface area contributed by atoms with Crippen LogP contribution in [0.1, 0.15) is 59.3 Å². The minimum absolute atomic E-state index is 0.376. The lowest BCUT2D eigenvalue weighted by Crippen LogP contribution is -2.29. The number of hydrogen-bond donors (Lipinski definition) is 1. The summed E-state index contributed by atoms with van der Waals surface area (Å²) in [5.41, 5.74) is 5.79. The van der Waals surface area contributed by atoms with E-state index in [0.29, 0.717) is 6.04 Å². The highest BCUT2D eigenvalue weighted by Gasteiger charge is 2.15. The molecule has 102 valence electrons. The van der Waals surface area contributed by atoms with E-state index in [1.165, 1.54) is 58.2 Å². The van der Waals surface area contributed by atoms with Gasteiger partial charge in [-0.25, -0.2) is 0 Å². The van der Waals surface area contributed by atoms with E-state index in [1.54, 1.807) is 0 Å². The van der Waals surface area contributed by atoms with Crippen molar-refractivity contribution in [1.82, 2.24) is 4.90 Å². The molecule has 1 aliphatic heterocycles. The minimum Gasteiger partial charge on any atom is -0.328 e. The Bertz CT molecular complexity index is 191. The lowest BCUT2D eigenvalue weighted by molar-refractivity contribution is 0.235. The lowest BCUT2D eigenvalue weighted by Gasteiger charge is -2.24. The molecular weight excluding hydrogens is 208 g/mol. The van der Waals surface area contributed by atoms with Crippen molar-refractivity contribution in [2.75, 3.05) is 19.6 Å². The summed E-state index contributed by atoms with van der Waals surface area (Å²) in [6.07, 6.45) is 8.04. The highest BCUT2D eigenvalue weighted by atomic mass is 15.1. The second-order valence-electron chi connectivity index (χ2n) is 6.35. The number of hydrogen-bond acceptors (Lipinski definition) is 2. The second-order valence-corrected chi connectivity index (χ2v) is 6.35. The summed E-state index contributed by atoms with van der Waals surface area (Å²) in [4.78, 5) is 2.68. The molecule has 1 aliphatic rings. The first kappa shape index (κ1) is 15.0. The monoisotopic (exact) mass is 240 g/mol. The maximum Gasteiger partial charge on any atom is 0.00104 e. The Morgan fingerprint density at radius 3 is 2.65 bits per heavy atom. The zero-order valence-corrected chi connectivity index (χ0v) is 12.1. The lowest BCUT2D eigenvalue weighted by atomic mass is 10.0. The molecule has 0 spiro atoms. The van der Waals surface area contributed by atoms with Crippen molar-refractivity contribution in [1.29, 1.82) is 0 Å². The predicted molar refractivity (Wildman–Crippen MR) is 76.1 cm³/mol. The van der Waals surface area contributed by atoms with Gasteiger partial charge in [0.25, 0.3) is 0 Å². The molecule has 1 heterocycles. The van der Waals surface area contributed by atoms with Crippen molar-refractivity contribution in [3.8, 4) is 0 Å². The Hall–Kier alpha value is -0.0800. The van der Waals surface area contributed by atoms with Gasteiger partial charge < -0.3 is 10.6 Å². The molecule has 0 amide bonds. The van der Waals surface area contributed by atoms with Gasteiger partial charge in [-0.1, -0.05) is 20.3 Å².